The fourth-order valence-electron chi connectivity index (χ4n) is 3.28. The molecular formula is C14H17ClN4O2. The SMILES string of the molecule is O=C1CCN(C(=O)Nc2ccnc(Cl)n2)[C@@H]2CCCC[C@H]12. The summed E-state index contributed by atoms with van der Waals surface area (Å²) >= 11 is 5.71. The molecule has 3 rings (SSSR count). The lowest BCUT2D eigenvalue weighted by Gasteiger charge is -2.42. The molecule has 1 aliphatic heterocycles. The van der Waals surface area contributed by atoms with Crippen molar-refractivity contribution in [3.63, 3.8) is 0 Å². The van der Waals surface area contributed by atoms with Gasteiger partial charge in [0.1, 0.15) is 11.6 Å². The van der Waals surface area contributed by atoms with Crippen LogP contribution in [0.2, 0.25) is 5.28 Å². The maximum absolute atomic E-state index is 12.4. The summed E-state index contributed by atoms with van der Waals surface area (Å²) in [5, 5.41) is 2.84. The van der Waals surface area contributed by atoms with Crippen molar-refractivity contribution in [1.82, 2.24) is 14.9 Å². The molecule has 2 atom stereocenters. The van der Waals surface area contributed by atoms with Gasteiger partial charge in [0, 0.05) is 31.1 Å². The van der Waals surface area contributed by atoms with E-state index in [1.807, 2.05) is 0 Å². The summed E-state index contributed by atoms with van der Waals surface area (Å²) in [7, 11) is 0. The Morgan fingerprint density at radius 3 is 3.00 bits per heavy atom. The molecule has 2 heterocycles. The monoisotopic (exact) mass is 308 g/mol. The number of anilines is 1. The number of piperidine rings is 1. The van der Waals surface area contributed by atoms with Crippen LogP contribution in [0.1, 0.15) is 32.1 Å². The van der Waals surface area contributed by atoms with Crippen LogP contribution in [0.15, 0.2) is 12.3 Å². The van der Waals surface area contributed by atoms with Gasteiger partial charge >= 0.3 is 6.03 Å². The van der Waals surface area contributed by atoms with Crippen LogP contribution < -0.4 is 5.32 Å². The van der Waals surface area contributed by atoms with Crippen molar-refractivity contribution in [1.29, 1.82) is 0 Å². The number of likely N-dealkylation sites (tertiary alicyclic amines) is 1. The summed E-state index contributed by atoms with van der Waals surface area (Å²) in [6.07, 6.45) is 5.87. The van der Waals surface area contributed by atoms with Crippen LogP contribution in [0.5, 0.6) is 0 Å². The zero-order valence-electron chi connectivity index (χ0n) is 11.6. The van der Waals surface area contributed by atoms with E-state index < -0.39 is 0 Å². The van der Waals surface area contributed by atoms with Gasteiger partial charge in [-0.05, 0) is 30.5 Å². The number of hydrogen-bond acceptors (Lipinski definition) is 4. The quantitative estimate of drug-likeness (QED) is 0.809. The van der Waals surface area contributed by atoms with Gasteiger partial charge in [0.25, 0.3) is 0 Å². The van der Waals surface area contributed by atoms with Gasteiger partial charge in [0.15, 0.2) is 0 Å². The van der Waals surface area contributed by atoms with Gasteiger partial charge in [-0.15, -0.1) is 0 Å². The average molecular weight is 309 g/mol. The van der Waals surface area contributed by atoms with Gasteiger partial charge in [-0.2, -0.15) is 0 Å². The van der Waals surface area contributed by atoms with Crippen LogP contribution in [-0.4, -0.2) is 39.3 Å². The minimum absolute atomic E-state index is 0.00670. The lowest BCUT2D eigenvalue weighted by molar-refractivity contribution is -0.129. The highest BCUT2D eigenvalue weighted by atomic mass is 35.5. The first-order chi connectivity index (χ1) is 10.1. The van der Waals surface area contributed by atoms with Crippen LogP contribution in [0, 0.1) is 5.92 Å². The van der Waals surface area contributed by atoms with Crippen molar-refractivity contribution >= 4 is 29.2 Å². The smallest absolute Gasteiger partial charge is 0.320 e. The maximum Gasteiger partial charge on any atom is 0.323 e. The van der Waals surface area contributed by atoms with Gasteiger partial charge < -0.3 is 4.90 Å². The number of halogens is 1. The number of carbonyl (C=O) groups is 2. The molecule has 0 spiro atoms. The molecule has 6 nitrogen and oxygen atoms in total. The minimum atomic E-state index is -0.214. The van der Waals surface area contributed by atoms with E-state index >= 15 is 0 Å². The summed E-state index contributed by atoms with van der Waals surface area (Å²) in [6.45, 7) is 0.477. The molecule has 0 unspecified atom stereocenters. The standard InChI is InChI=1S/C14H17ClN4O2/c15-13-16-7-5-12(17-13)18-14(21)19-8-6-11(20)9-3-1-2-4-10(9)19/h5,7,9-10H,1-4,6,8H2,(H,16,17,18,21)/t9-,10+/m0/s1. The third-order valence-electron chi connectivity index (χ3n) is 4.26. The molecule has 2 aliphatic rings. The fraction of sp³-hybridized carbons (Fsp3) is 0.571. The van der Waals surface area contributed by atoms with Crippen molar-refractivity contribution < 1.29 is 9.59 Å². The molecule has 1 aromatic rings. The molecule has 0 radical (unpaired) electrons. The van der Waals surface area contributed by atoms with Crippen molar-refractivity contribution in [3.8, 4) is 0 Å². The minimum Gasteiger partial charge on any atom is -0.320 e. The number of amides is 2. The first kappa shape index (κ1) is 14.3. The molecule has 112 valence electrons. The molecule has 1 N–H and O–H groups in total. The third kappa shape index (κ3) is 3.00. The average Bonchev–Trinajstić information content (AvgIpc) is 2.48. The molecule has 21 heavy (non-hydrogen) atoms. The second kappa shape index (κ2) is 5.97. The Hall–Kier alpha value is -1.69. The number of nitrogens with one attached hydrogen (secondary N) is 1. The van der Waals surface area contributed by atoms with E-state index in [1.54, 1.807) is 11.0 Å². The van der Waals surface area contributed by atoms with Crippen molar-refractivity contribution in [2.45, 2.75) is 38.1 Å². The van der Waals surface area contributed by atoms with E-state index in [0.717, 1.165) is 25.7 Å². The van der Waals surface area contributed by atoms with Gasteiger partial charge in [0.05, 0.1) is 0 Å². The zero-order chi connectivity index (χ0) is 14.8. The van der Waals surface area contributed by atoms with Crippen molar-refractivity contribution in [2.75, 3.05) is 11.9 Å². The van der Waals surface area contributed by atoms with Crippen LogP contribution in [0.3, 0.4) is 0 Å². The summed E-state index contributed by atoms with van der Waals surface area (Å²) in [5.41, 5.74) is 0. The number of carbonyl (C=O) groups excluding carboxylic acids is 2. The highest BCUT2D eigenvalue weighted by molar-refractivity contribution is 6.28. The molecule has 1 saturated carbocycles. The predicted octanol–water partition coefficient (Wildman–Crippen LogP) is 2.50. The van der Waals surface area contributed by atoms with Crippen molar-refractivity contribution in [2.24, 2.45) is 5.92 Å². The van der Waals surface area contributed by atoms with E-state index in [9.17, 15) is 9.59 Å². The summed E-state index contributed by atoms with van der Waals surface area (Å²) < 4.78 is 0. The van der Waals surface area contributed by atoms with Crippen LogP contribution in [0.4, 0.5) is 10.6 Å². The van der Waals surface area contributed by atoms with Crippen molar-refractivity contribution in [3.05, 3.63) is 17.5 Å². The van der Waals surface area contributed by atoms with Gasteiger partial charge in [-0.25, -0.2) is 14.8 Å². The highest BCUT2D eigenvalue weighted by Crippen LogP contribution is 2.33. The lowest BCUT2D eigenvalue weighted by atomic mass is 9.77. The van der Waals surface area contributed by atoms with Gasteiger partial charge in [-0.3, -0.25) is 10.1 Å². The maximum atomic E-state index is 12.4. The first-order valence-corrected chi connectivity index (χ1v) is 7.62. The number of rotatable bonds is 1. The van der Waals surface area contributed by atoms with E-state index in [1.165, 1.54) is 6.20 Å². The normalized spacial score (nSPS) is 25.4. The number of aromatic nitrogens is 2. The predicted molar refractivity (Wildman–Crippen MR) is 78.1 cm³/mol. The Morgan fingerprint density at radius 1 is 1.38 bits per heavy atom. The zero-order valence-corrected chi connectivity index (χ0v) is 12.3. The third-order valence-corrected chi connectivity index (χ3v) is 4.45. The molecule has 1 aliphatic carbocycles. The van der Waals surface area contributed by atoms with Gasteiger partial charge in [0.2, 0.25) is 5.28 Å². The number of Topliss-reactive ketones (excluding diaryl/α,β-unsaturated/α-hetero) is 1. The van der Waals surface area contributed by atoms with E-state index in [-0.39, 0.29) is 23.3 Å². The number of ketones is 1. The van der Waals surface area contributed by atoms with E-state index in [0.29, 0.717) is 24.6 Å². The Bertz CT molecular complexity index is 566. The second-order valence-corrected chi connectivity index (χ2v) is 5.85. The summed E-state index contributed by atoms with van der Waals surface area (Å²) in [5.74, 6) is 0.685. The Balaban J connectivity index is 1.73. The Kier molecular flexibility index (Phi) is 4.05. The lowest BCUT2D eigenvalue weighted by Crippen LogP contribution is -2.54. The Morgan fingerprint density at radius 2 is 2.19 bits per heavy atom. The number of hydrogen-bond donors (Lipinski definition) is 1. The van der Waals surface area contributed by atoms with E-state index in [2.05, 4.69) is 15.3 Å². The molecule has 7 heteroatoms. The van der Waals surface area contributed by atoms with Crippen LogP contribution in [0.25, 0.3) is 0 Å². The first-order valence-electron chi connectivity index (χ1n) is 7.24. The van der Waals surface area contributed by atoms with Crippen LogP contribution in [-0.2, 0) is 4.79 Å². The topological polar surface area (TPSA) is 75.2 Å². The Labute approximate surface area is 127 Å². The summed E-state index contributed by atoms with van der Waals surface area (Å²) in [6, 6.07) is 1.41. The molecule has 0 aromatic carbocycles. The second-order valence-electron chi connectivity index (χ2n) is 5.51. The molecule has 0 bridgehead atoms. The molecular weight excluding hydrogens is 292 g/mol. The fourth-order valence-corrected chi connectivity index (χ4v) is 3.43. The largest absolute Gasteiger partial charge is 0.323 e. The summed E-state index contributed by atoms with van der Waals surface area (Å²) in [4.78, 5) is 34.0. The number of fused-ring (bicyclic) bond motifs is 1. The molecule has 1 saturated heterocycles. The van der Waals surface area contributed by atoms with Crippen LogP contribution >= 0.6 is 11.6 Å². The molecule has 2 fully saturated rings. The number of urea groups is 1. The molecule has 2 amide bonds. The number of nitrogens with zero attached hydrogens (tertiary/aromatic N) is 3. The van der Waals surface area contributed by atoms with E-state index in [4.69, 9.17) is 11.6 Å². The highest BCUT2D eigenvalue weighted by Gasteiger charge is 2.40. The van der Waals surface area contributed by atoms with Gasteiger partial charge in [-0.1, -0.05) is 12.8 Å². The molecule has 1 aromatic heterocycles.